The Morgan fingerprint density at radius 3 is 2.19 bits per heavy atom. The number of carbonyl (C=O) groups excluding carboxylic acids is 5. The molecule has 3 amide bonds. The van der Waals surface area contributed by atoms with E-state index in [-0.39, 0.29) is 64.2 Å². The maximum Gasteiger partial charge on any atom is 0.236 e. The van der Waals surface area contributed by atoms with Gasteiger partial charge in [-0.15, -0.1) is 18.3 Å². The number of aliphatic hydroxyl groups is 4. The lowest BCUT2D eigenvalue weighted by molar-refractivity contribution is -0.801. The number of aromatic nitrogens is 3. The van der Waals surface area contributed by atoms with Crippen LogP contribution in [0.15, 0.2) is 31.5 Å². The zero-order valence-electron chi connectivity index (χ0n) is 36.3. The molecule has 0 aliphatic carbocycles. The monoisotopic (exact) mass is 975 g/mol. The SMILES string of the molecule is C=C[C@@H]1O[C@H](C=C)[C@@H]2C(=O)N(CCCCCN(Cc3cn(CCOCCO[C@@H]4OC(C(=O)[O-])[C@@H](O[C@H]5OC(COO[O-])[C@@H](O)[C@H](O)C5NC)[C@H](O)C4O)nn3)C(=O)CCC(=O)[O-])C(=O)[C@@H]21.O=S. The third kappa shape index (κ3) is 14.1. The van der Waals surface area contributed by atoms with Gasteiger partial charge in [0.1, 0.15) is 55.0 Å². The predicted molar refractivity (Wildman–Crippen MR) is 212 cm³/mol. The lowest BCUT2D eigenvalue weighted by Gasteiger charge is -2.47. The van der Waals surface area contributed by atoms with Gasteiger partial charge >= 0.3 is 0 Å². The van der Waals surface area contributed by atoms with Gasteiger partial charge in [-0.1, -0.05) is 17.4 Å². The summed E-state index contributed by atoms with van der Waals surface area (Å²) >= 11 is 2.83. The molecular formula is C39H55N6O21S-3. The van der Waals surface area contributed by atoms with Crippen molar-refractivity contribution in [2.24, 2.45) is 11.8 Å². The first kappa shape index (κ1) is 55.2. The van der Waals surface area contributed by atoms with Crippen molar-refractivity contribution in [2.75, 3.05) is 46.6 Å². The lowest BCUT2D eigenvalue weighted by Crippen LogP contribution is -2.68. The highest BCUT2D eigenvalue weighted by Crippen LogP contribution is 2.41. The number of likely N-dealkylation sites (N-methyl/N-ethyl adjacent to an activating group) is 1. The van der Waals surface area contributed by atoms with Gasteiger partial charge in [0, 0.05) is 25.5 Å². The highest BCUT2D eigenvalue weighted by Gasteiger charge is 2.58. The highest BCUT2D eigenvalue weighted by molar-refractivity contribution is 7.44. The van der Waals surface area contributed by atoms with Crippen LogP contribution in [0.2, 0.25) is 0 Å². The smallest absolute Gasteiger partial charge is 0.236 e. The topological polar surface area (TPSA) is 376 Å². The van der Waals surface area contributed by atoms with Gasteiger partial charge < -0.3 is 84.1 Å². The number of fused-ring (bicyclic) bond motifs is 1. The molecule has 4 saturated heterocycles. The molecule has 5 N–H and O–H groups in total. The standard InChI is InChI=1S/C39H58N6O20.OS/c1-4-21-26-27(22(5-2)61-21)36(54)45(35(26)53)12-8-6-7-11-43(24(46)9-10-25(47)48)17-20-18-44(42-41-20)13-14-58-15-16-59-39-32(52)31(51)33(34(64-39)37(55)56)63-38-28(40-3)30(50)29(49)23(62-38)19-60-65-57;1-2/h4-5,18,21-23,26-34,38-40,49-52,57H,1-2,6-17,19H2,3H3,(H,47,48)(H,55,56);/p-3/t21-,22+,23?,26+,27-,28?,29-,30-,31-,32?,33+,34?,38-,39-;/m1./s1. The van der Waals surface area contributed by atoms with Crippen molar-refractivity contribution in [1.82, 2.24) is 30.1 Å². The van der Waals surface area contributed by atoms with Crippen LogP contribution in [0.3, 0.4) is 0 Å². The molecule has 4 unspecified atom stereocenters. The molecule has 5 rings (SSSR count). The number of rotatable bonds is 27. The van der Waals surface area contributed by atoms with Crippen LogP contribution in [0, 0.1) is 11.8 Å². The van der Waals surface area contributed by atoms with E-state index in [1.807, 2.05) is 0 Å². The highest BCUT2D eigenvalue weighted by atomic mass is 32.1. The van der Waals surface area contributed by atoms with Crippen LogP contribution < -0.4 is 20.8 Å². The van der Waals surface area contributed by atoms with E-state index in [1.165, 1.54) is 33.7 Å². The van der Waals surface area contributed by atoms with Gasteiger partial charge in [0.25, 0.3) is 0 Å². The van der Waals surface area contributed by atoms with E-state index in [2.05, 4.69) is 51.2 Å². The van der Waals surface area contributed by atoms with Crippen molar-refractivity contribution in [3.63, 3.8) is 0 Å². The van der Waals surface area contributed by atoms with Gasteiger partial charge in [0.05, 0.1) is 75.2 Å². The van der Waals surface area contributed by atoms with Crippen molar-refractivity contribution in [3.8, 4) is 0 Å². The Morgan fingerprint density at radius 1 is 0.896 bits per heavy atom. The van der Waals surface area contributed by atoms with Gasteiger partial charge in [0.15, 0.2) is 25.1 Å². The number of carboxylic acid groups (broad SMARTS) is 2. The van der Waals surface area contributed by atoms with Crippen LogP contribution in [0.4, 0.5) is 0 Å². The number of carboxylic acids is 2. The fourth-order valence-corrected chi connectivity index (χ4v) is 8.11. The summed E-state index contributed by atoms with van der Waals surface area (Å²) in [5.41, 5.74) is 0.394. The number of ether oxygens (including phenoxy) is 6. The molecule has 0 radical (unpaired) electrons. The van der Waals surface area contributed by atoms with Gasteiger partial charge in [-0.3, -0.25) is 24.3 Å². The zero-order valence-corrected chi connectivity index (χ0v) is 37.1. The predicted octanol–water partition coefficient (Wildman–Crippen LogP) is -7.42. The Labute approximate surface area is 388 Å². The molecule has 4 fully saturated rings. The van der Waals surface area contributed by atoms with Crippen LogP contribution >= 0.6 is 0 Å². The van der Waals surface area contributed by atoms with Crippen LogP contribution in [0.1, 0.15) is 37.8 Å². The molecule has 0 bridgehead atoms. The normalized spacial score (nSPS) is 31.5. The molecule has 27 nitrogen and oxygen atoms in total. The van der Waals surface area contributed by atoms with Gasteiger partial charge in [-0.05, 0) is 32.7 Å². The first-order valence-corrected chi connectivity index (χ1v) is 21.5. The number of likely N-dealkylation sites (tertiary alicyclic amines) is 1. The second-order valence-electron chi connectivity index (χ2n) is 15.6. The molecule has 28 heteroatoms. The summed E-state index contributed by atoms with van der Waals surface area (Å²) < 4.78 is 42.6. The summed E-state index contributed by atoms with van der Waals surface area (Å²) in [4.78, 5) is 69.3. The Hall–Kier alpha value is -4.37. The van der Waals surface area contributed by atoms with Crippen LogP contribution in [0.25, 0.3) is 0 Å². The number of nitrogens with one attached hydrogen (secondary N) is 1. The molecular weight excluding hydrogens is 921 g/mol. The van der Waals surface area contributed by atoms with Crippen molar-refractivity contribution in [3.05, 3.63) is 37.2 Å². The molecule has 0 aromatic carbocycles. The van der Waals surface area contributed by atoms with E-state index in [0.717, 1.165) is 0 Å². The Kier molecular flexibility index (Phi) is 22.2. The van der Waals surface area contributed by atoms with Crippen LogP contribution in [-0.4, -0.2) is 199 Å². The third-order valence-corrected chi connectivity index (χ3v) is 11.5. The minimum Gasteiger partial charge on any atom is -0.692 e. The number of hydrogen-bond acceptors (Lipinski definition) is 25. The number of unbranched alkanes of at least 4 members (excludes halogenated alkanes) is 2. The maximum absolute atomic E-state index is 13.1. The van der Waals surface area contributed by atoms with E-state index in [1.54, 1.807) is 6.20 Å². The summed E-state index contributed by atoms with van der Waals surface area (Å²) in [7, 11) is 1.37. The molecule has 1 aromatic rings. The average molecular weight is 976 g/mol. The first-order valence-electron chi connectivity index (χ1n) is 21.1. The lowest BCUT2D eigenvalue weighted by atomic mass is 9.89. The zero-order chi connectivity index (χ0) is 49.4. The van der Waals surface area contributed by atoms with E-state index in [0.29, 0.717) is 25.0 Å². The summed E-state index contributed by atoms with van der Waals surface area (Å²) in [6.07, 6.45) is -11.4. The van der Waals surface area contributed by atoms with Crippen LogP contribution in [0.5, 0.6) is 0 Å². The molecule has 1 aromatic heterocycles. The van der Waals surface area contributed by atoms with E-state index < -0.39 is 116 Å². The Balaban J connectivity index is 0.00000483. The molecule has 67 heavy (non-hydrogen) atoms. The van der Waals surface area contributed by atoms with E-state index in [9.17, 15) is 59.9 Å². The van der Waals surface area contributed by atoms with Crippen molar-refractivity contribution >= 4 is 42.2 Å². The second kappa shape index (κ2) is 27.0. The van der Waals surface area contributed by atoms with E-state index in [4.69, 9.17) is 32.6 Å². The summed E-state index contributed by atoms with van der Waals surface area (Å²) in [6, 6.07) is -1.20. The van der Waals surface area contributed by atoms with Crippen molar-refractivity contribution < 1.29 is 102 Å². The molecule has 4 aliphatic heterocycles. The quantitative estimate of drug-likeness (QED) is 0.0180. The number of carbonyl (C=O) groups is 5. The minimum atomic E-state index is -2.03. The number of hydrogen-bond donors (Lipinski definition) is 5. The number of aliphatic hydroxyl groups excluding tert-OH is 4. The molecule has 0 spiro atoms. The second-order valence-corrected chi connectivity index (χ2v) is 15.6. The fourth-order valence-electron chi connectivity index (χ4n) is 8.11. The number of imide groups is 1. The van der Waals surface area contributed by atoms with Gasteiger partial charge in [-0.25, -0.2) is 9.57 Å². The van der Waals surface area contributed by atoms with Crippen LogP contribution in [-0.2, 0) is 87.9 Å². The molecule has 4 aliphatic rings. The molecule has 5 heterocycles. The summed E-state index contributed by atoms with van der Waals surface area (Å²) in [5, 5.41) is 90.0. The maximum atomic E-state index is 13.1. The number of nitrogens with zero attached hydrogens (tertiary/aromatic N) is 5. The summed E-state index contributed by atoms with van der Waals surface area (Å²) in [6.45, 7) is 7.09. The largest absolute Gasteiger partial charge is 0.692 e. The van der Waals surface area contributed by atoms with E-state index >= 15 is 0 Å². The molecule has 0 saturated carbocycles. The van der Waals surface area contributed by atoms with Gasteiger partial charge in [0.2, 0.25) is 17.7 Å². The third-order valence-electron chi connectivity index (χ3n) is 11.5. The minimum absolute atomic E-state index is 0.00945. The van der Waals surface area contributed by atoms with Gasteiger partial charge in [-0.2, -0.15) is 4.21 Å². The molecule has 14 atom stereocenters. The summed E-state index contributed by atoms with van der Waals surface area (Å²) in [5.74, 6) is -5.61. The fraction of sp³-hybridized carbons (Fsp3) is 0.718. The van der Waals surface area contributed by atoms with Crippen molar-refractivity contribution in [1.29, 1.82) is 0 Å². The van der Waals surface area contributed by atoms with Crippen molar-refractivity contribution in [2.45, 2.75) is 119 Å². The number of aliphatic carboxylic acids is 2. The molecule has 376 valence electrons. The number of amides is 3. The first-order chi connectivity index (χ1) is 32.1. The average Bonchev–Trinajstić information content (AvgIpc) is 4.00. The Bertz CT molecular complexity index is 1780. The Morgan fingerprint density at radius 2 is 1.58 bits per heavy atom.